The van der Waals surface area contributed by atoms with E-state index in [0.717, 1.165) is 11.1 Å². The Hall–Kier alpha value is -2.62. The number of benzene rings is 2. The van der Waals surface area contributed by atoms with Crippen LogP contribution in [0, 0.1) is 26.2 Å². The molecule has 5 nitrogen and oxygen atoms in total. The summed E-state index contributed by atoms with van der Waals surface area (Å²) in [4.78, 5) is 12.3. The van der Waals surface area contributed by atoms with Gasteiger partial charge in [0.25, 0.3) is 5.91 Å². The van der Waals surface area contributed by atoms with Gasteiger partial charge in [0, 0.05) is 11.3 Å². The molecule has 2 aromatic carbocycles. The molecule has 0 radical (unpaired) electrons. The number of carbonyl (C=O) groups excluding carboxylic acids is 1. The highest BCUT2D eigenvalue weighted by Gasteiger charge is 2.14. The predicted octanol–water partition coefficient (Wildman–Crippen LogP) is 2.47. The van der Waals surface area contributed by atoms with Gasteiger partial charge in [0.1, 0.15) is 0 Å². The molecule has 0 fully saturated rings. The molecule has 0 spiro atoms. The van der Waals surface area contributed by atoms with Crippen molar-refractivity contribution in [3.05, 3.63) is 59.2 Å². The lowest BCUT2D eigenvalue weighted by atomic mass is 10.1. The normalized spacial score (nSPS) is 10.9. The molecule has 0 saturated heterocycles. The number of sulfonamides is 1. The van der Waals surface area contributed by atoms with Crippen LogP contribution in [0.25, 0.3) is 0 Å². The van der Waals surface area contributed by atoms with Crippen LogP contribution in [0.5, 0.6) is 0 Å². The van der Waals surface area contributed by atoms with Gasteiger partial charge in [0.05, 0.1) is 11.4 Å². The number of hydrogen-bond donors (Lipinski definition) is 2. The van der Waals surface area contributed by atoms with Crippen molar-refractivity contribution >= 4 is 21.6 Å². The molecule has 2 aromatic rings. The second-order valence-electron chi connectivity index (χ2n) is 5.31. The second-order valence-corrected chi connectivity index (χ2v) is 7.07. The molecule has 0 aliphatic rings. The van der Waals surface area contributed by atoms with Gasteiger partial charge in [-0.05, 0) is 61.4 Å². The maximum Gasteiger partial charge on any atom is 0.255 e. The maximum atomic E-state index is 12.2. The van der Waals surface area contributed by atoms with Crippen molar-refractivity contribution in [1.29, 1.82) is 0 Å². The van der Waals surface area contributed by atoms with Gasteiger partial charge in [-0.2, -0.15) is 4.72 Å². The highest BCUT2D eigenvalue weighted by Crippen LogP contribution is 2.16. The summed E-state index contributed by atoms with van der Waals surface area (Å²) in [6.45, 7) is 3.87. The van der Waals surface area contributed by atoms with E-state index in [-0.39, 0.29) is 17.3 Å². The van der Waals surface area contributed by atoms with Crippen molar-refractivity contribution < 1.29 is 13.2 Å². The lowest BCUT2D eigenvalue weighted by Gasteiger charge is -2.09. The number of aryl methyl sites for hydroxylation is 2. The first-order chi connectivity index (χ1) is 11.3. The van der Waals surface area contributed by atoms with Crippen LogP contribution in [0.2, 0.25) is 0 Å². The van der Waals surface area contributed by atoms with Crippen LogP contribution in [0.1, 0.15) is 21.5 Å². The van der Waals surface area contributed by atoms with Gasteiger partial charge in [-0.25, -0.2) is 8.42 Å². The number of terminal acetylenes is 1. The molecule has 0 aromatic heterocycles. The second kappa shape index (κ2) is 7.30. The van der Waals surface area contributed by atoms with Gasteiger partial charge < -0.3 is 5.32 Å². The van der Waals surface area contributed by atoms with E-state index in [9.17, 15) is 13.2 Å². The topological polar surface area (TPSA) is 75.3 Å². The zero-order valence-electron chi connectivity index (χ0n) is 13.5. The van der Waals surface area contributed by atoms with Gasteiger partial charge in [-0.15, -0.1) is 6.42 Å². The average molecular weight is 342 g/mol. The molecule has 0 saturated carbocycles. The van der Waals surface area contributed by atoms with Crippen molar-refractivity contribution in [2.75, 3.05) is 11.9 Å². The predicted molar refractivity (Wildman–Crippen MR) is 94.3 cm³/mol. The smallest absolute Gasteiger partial charge is 0.255 e. The molecular weight excluding hydrogens is 324 g/mol. The minimum atomic E-state index is -3.66. The molecule has 2 rings (SSSR count). The van der Waals surface area contributed by atoms with Gasteiger partial charge >= 0.3 is 0 Å². The Labute approximate surface area is 142 Å². The monoisotopic (exact) mass is 342 g/mol. The Balaban J connectivity index is 2.14. The molecular formula is C18H18N2O3S. The Kier molecular flexibility index (Phi) is 5.39. The number of carbonyl (C=O) groups is 1. The quantitative estimate of drug-likeness (QED) is 0.820. The SMILES string of the molecule is C#CCNS(=O)(=O)c1ccc(C(=O)Nc2ccc(C)c(C)c2)cc1. The molecule has 0 aliphatic heterocycles. The lowest BCUT2D eigenvalue weighted by Crippen LogP contribution is -2.24. The van der Waals surface area contributed by atoms with Crippen LogP contribution in [-0.2, 0) is 10.0 Å². The fraction of sp³-hybridized carbons (Fsp3) is 0.167. The summed E-state index contributed by atoms with van der Waals surface area (Å²) in [7, 11) is -3.66. The molecule has 1 amide bonds. The fourth-order valence-electron chi connectivity index (χ4n) is 2.03. The Morgan fingerprint density at radius 3 is 2.33 bits per heavy atom. The van der Waals surface area contributed by atoms with Crippen molar-refractivity contribution in [3.63, 3.8) is 0 Å². The standard InChI is InChI=1S/C18H18N2O3S/c1-4-11-19-24(22,23)17-9-6-15(7-10-17)18(21)20-16-8-5-13(2)14(3)12-16/h1,5-10,12,19H,11H2,2-3H3,(H,20,21). The van der Waals surface area contributed by atoms with Gasteiger partial charge in [-0.1, -0.05) is 12.0 Å². The molecule has 24 heavy (non-hydrogen) atoms. The minimum absolute atomic E-state index is 0.0560. The van der Waals surface area contributed by atoms with Crippen LogP contribution in [0.15, 0.2) is 47.4 Å². The highest BCUT2D eigenvalue weighted by molar-refractivity contribution is 7.89. The first kappa shape index (κ1) is 17.7. The van der Waals surface area contributed by atoms with E-state index in [1.165, 1.54) is 24.3 Å². The van der Waals surface area contributed by atoms with Crippen molar-refractivity contribution in [2.45, 2.75) is 18.7 Å². The van der Waals surface area contributed by atoms with Gasteiger partial charge in [-0.3, -0.25) is 4.79 Å². The number of amides is 1. The van der Waals surface area contributed by atoms with Crippen molar-refractivity contribution in [1.82, 2.24) is 4.72 Å². The summed E-state index contributed by atoms with van der Waals surface area (Å²) in [5.74, 6) is 1.90. The molecule has 6 heteroatoms. The van der Waals surface area contributed by atoms with Gasteiger partial charge in [0.15, 0.2) is 0 Å². The van der Waals surface area contributed by atoms with Crippen LogP contribution in [0.3, 0.4) is 0 Å². The molecule has 124 valence electrons. The molecule has 0 aliphatic carbocycles. The van der Waals surface area contributed by atoms with E-state index in [4.69, 9.17) is 6.42 Å². The van der Waals surface area contributed by atoms with E-state index in [2.05, 4.69) is 16.0 Å². The maximum absolute atomic E-state index is 12.2. The lowest BCUT2D eigenvalue weighted by molar-refractivity contribution is 0.102. The molecule has 0 unspecified atom stereocenters. The summed E-state index contributed by atoms with van der Waals surface area (Å²) in [5, 5.41) is 2.79. The van der Waals surface area contributed by atoms with E-state index >= 15 is 0 Å². The number of nitrogens with one attached hydrogen (secondary N) is 2. The Morgan fingerprint density at radius 2 is 1.75 bits per heavy atom. The fourth-order valence-corrected chi connectivity index (χ4v) is 2.96. The average Bonchev–Trinajstić information content (AvgIpc) is 2.56. The Morgan fingerprint density at radius 1 is 1.08 bits per heavy atom. The molecule has 0 bridgehead atoms. The number of rotatable bonds is 5. The summed E-state index contributed by atoms with van der Waals surface area (Å²) in [5.41, 5.74) is 3.27. The summed E-state index contributed by atoms with van der Waals surface area (Å²) in [6, 6.07) is 11.3. The number of hydrogen-bond acceptors (Lipinski definition) is 3. The van der Waals surface area contributed by atoms with Crippen LogP contribution in [0.4, 0.5) is 5.69 Å². The van der Waals surface area contributed by atoms with Crippen molar-refractivity contribution in [3.8, 4) is 12.3 Å². The number of anilines is 1. The van der Waals surface area contributed by atoms with Crippen LogP contribution >= 0.6 is 0 Å². The summed E-state index contributed by atoms with van der Waals surface area (Å²) < 4.78 is 26.1. The third-order valence-electron chi connectivity index (χ3n) is 3.56. The molecule has 0 heterocycles. The molecule has 0 atom stereocenters. The molecule has 2 N–H and O–H groups in total. The first-order valence-electron chi connectivity index (χ1n) is 7.25. The van der Waals surface area contributed by atoms with Crippen LogP contribution in [-0.4, -0.2) is 20.9 Å². The van der Waals surface area contributed by atoms with Crippen molar-refractivity contribution in [2.24, 2.45) is 0 Å². The minimum Gasteiger partial charge on any atom is -0.322 e. The van der Waals surface area contributed by atoms with Gasteiger partial charge in [0.2, 0.25) is 10.0 Å². The van der Waals surface area contributed by atoms with E-state index in [1.807, 2.05) is 32.0 Å². The largest absolute Gasteiger partial charge is 0.322 e. The van der Waals surface area contributed by atoms with Crippen LogP contribution < -0.4 is 10.0 Å². The third kappa shape index (κ3) is 4.22. The zero-order chi connectivity index (χ0) is 17.7. The van der Waals surface area contributed by atoms with E-state index in [1.54, 1.807) is 0 Å². The summed E-state index contributed by atoms with van der Waals surface area (Å²) in [6.07, 6.45) is 5.04. The Bertz CT molecular complexity index is 895. The zero-order valence-corrected chi connectivity index (χ0v) is 14.3. The first-order valence-corrected chi connectivity index (χ1v) is 8.73. The summed E-state index contributed by atoms with van der Waals surface area (Å²) >= 11 is 0. The highest BCUT2D eigenvalue weighted by atomic mass is 32.2. The van der Waals surface area contributed by atoms with E-state index in [0.29, 0.717) is 11.3 Å². The third-order valence-corrected chi connectivity index (χ3v) is 4.97. The van der Waals surface area contributed by atoms with E-state index < -0.39 is 10.0 Å².